The highest BCUT2D eigenvalue weighted by Gasteiger charge is 2.25. The Balaban J connectivity index is 1.43. The van der Waals surface area contributed by atoms with Gasteiger partial charge in [0.2, 0.25) is 0 Å². The molecule has 0 bridgehead atoms. The largest absolute Gasteiger partial charge is 0.367 e. The standard InChI is InChI=1S/C17H22F2N4S/c18-14(19)8-20-10-4-6-11(7-5-10)23-16-15-12-2-1-3-13(12)24-17(15)22-9-21-16/h9-11,14,20H,1-8H2,(H,21,22,23). The Morgan fingerprint density at radius 3 is 2.71 bits per heavy atom. The SMILES string of the molecule is FC(F)CNC1CCC(Nc2ncnc3sc4c(c23)CCC4)CC1. The van der Waals surface area contributed by atoms with Crippen molar-refractivity contribution in [2.75, 3.05) is 11.9 Å². The van der Waals surface area contributed by atoms with E-state index in [1.54, 1.807) is 17.7 Å². The van der Waals surface area contributed by atoms with Crippen molar-refractivity contribution < 1.29 is 8.78 Å². The summed E-state index contributed by atoms with van der Waals surface area (Å²) in [4.78, 5) is 11.5. The summed E-state index contributed by atoms with van der Waals surface area (Å²) in [6.45, 7) is -0.198. The van der Waals surface area contributed by atoms with Gasteiger partial charge in [0, 0.05) is 17.0 Å². The minimum absolute atomic E-state index is 0.198. The lowest BCUT2D eigenvalue weighted by molar-refractivity contribution is 0.137. The molecule has 1 saturated carbocycles. The molecule has 130 valence electrons. The second kappa shape index (κ2) is 6.88. The molecular formula is C17H22F2N4S. The maximum absolute atomic E-state index is 12.3. The van der Waals surface area contributed by atoms with Crippen LogP contribution in [0.4, 0.5) is 14.6 Å². The fraction of sp³-hybridized carbons (Fsp3) is 0.647. The van der Waals surface area contributed by atoms with Crippen LogP contribution in [0.3, 0.4) is 0 Å². The molecule has 2 aromatic heterocycles. The van der Waals surface area contributed by atoms with E-state index in [9.17, 15) is 8.78 Å². The highest BCUT2D eigenvalue weighted by atomic mass is 32.1. The van der Waals surface area contributed by atoms with Crippen molar-refractivity contribution >= 4 is 27.4 Å². The molecule has 24 heavy (non-hydrogen) atoms. The monoisotopic (exact) mass is 352 g/mol. The molecule has 4 rings (SSSR count). The van der Waals surface area contributed by atoms with Crippen LogP contribution in [0.2, 0.25) is 0 Å². The lowest BCUT2D eigenvalue weighted by atomic mass is 9.91. The zero-order valence-electron chi connectivity index (χ0n) is 13.5. The van der Waals surface area contributed by atoms with E-state index < -0.39 is 6.43 Å². The highest BCUT2D eigenvalue weighted by Crippen LogP contribution is 2.39. The average Bonchev–Trinajstić information content (AvgIpc) is 3.15. The molecule has 2 aromatic rings. The number of aromatic nitrogens is 2. The number of alkyl halides is 2. The first-order valence-electron chi connectivity index (χ1n) is 8.74. The van der Waals surface area contributed by atoms with Crippen molar-refractivity contribution in [1.29, 1.82) is 0 Å². The topological polar surface area (TPSA) is 49.8 Å². The van der Waals surface area contributed by atoms with Crippen molar-refractivity contribution in [3.8, 4) is 0 Å². The number of fused-ring (bicyclic) bond motifs is 3. The predicted molar refractivity (Wildman–Crippen MR) is 93.1 cm³/mol. The van der Waals surface area contributed by atoms with Gasteiger partial charge in [-0.25, -0.2) is 18.7 Å². The first-order chi connectivity index (χ1) is 11.7. The summed E-state index contributed by atoms with van der Waals surface area (Å²) in [5, 5.41) is 7.78. The Morgan fingerprint density at radius 2 is 1.92 bits per heavy atom. The Kier molecular flexibility index (Phi) is 4.63. The lowest BCUT2D eigenvalue weighted by Gasteiger charge is -2.30. The maximum atomic E-state index is 12.3. The zero-order chi connectivity index (χ0) is 16.5. The normalized spacial score (nSPS) is 23.8. The minimum Gasteiger partial charge on any atom is -0.367 e. The number of hydrogen-bond acceptors (Lipinski definition) is 5. The van der Waals surface area contributed by atoms with Gasteiger partial charge in [0.1, 0.15) is 17.0 Å². The summed E-state index contributed by atoms with van der Waals surface area (Å²) in [5.41, 5.74) is 1.44. The molecular weight excluding hydrogens is 330 g/mol. The zero-order valence-corrected chi connectivity index (χ0v) is 14.3. The quantitative estimate of drug-likeness (QED) is 0.860. The van der Waals surface area contributed by atoms with Crippen LogP contribution >= 0.6 is 11.3 Å². The predicted octanol–water partition coefficient (Wildman–Crippen LogP) is 3.76. The summed E-state index contributed by atoms with van der Waals surface area (Å²) in [5.74, 6) is 0.961. The Morgan fingerprint density at radius 1 is 1.12 bits per heavy atom. The smallest absolute Gasteiger partial charge is 0.250 e. The molecule has 0 unspecified atom stereocenters. The van der Waals surface area contributed by atoms with Gasteiger partial charge in [0.05, 0.1) is 11.9 Å². The van der Waals surface area contributed by atoms with Crippen molar-refractivity contribution in [3.05, 3.63) is 16.8 Å². The van der Waals surface area contributed by atoms with Crippen LogP contribution in [-0.2, 0) is 12.8 Å². The molecule has 0 radical (unpaired) electrons. The van der Waals surface area contributed by atoms with Crippen LogP contribution in [-0.4, -0.2) is 35.0 Å². The third kappa shape index (κ3) is 3.24. The summed E-state index contributed by atoms with van der Waals surface area (Å²) >= 11 is 1.80. The van der Waals surface area contributed by atoms with Gasteiger partial charge in [-0.05, 0) is 50.5 Å². The molecule has 0 atom stereocenters. The van der Waals surface area contributed by atoms with Crippen molar-refractivity contribution in [1.82, 2.24) is 15.3 Å². The average molecular weight is 352 g/mol. The lowest BCUT2D eigenvalue weighted by Crippen LogP contribution is -2.39. The number of halogens is 2. The van der Waals surface area contributed by atoms with Crippen LogP contribution in [0.15, 0.2) is 6.33 Å². The van der Waals surface area contributed by atoms with Crippen molar-refractivity contribution in [3.63, 3.8) is 0 Å². The van der Waals surface area contributed by atoms with Gasteiger partial charge in [0.25, 0.3) is 6.43 Å². The summed E-state index contributed by atoms with van der Waals surface area (Å²) in [6, 6.07) is 0.581. The van der Waals surface area contributed by atoms with Crippen LogP contribution < -0.4 is 10.6 Å². The third-order valence-corrected chi connectivity index (χ3v) is 6.33. The third-order valence-electron chi connectivity index (χ3n) is 5.13. The second-order valence-electron chi connectivity index (χ2n) is 6.75. The second-order valence-corrected chi connectivity index (χ2v) is 7.84. The summed E-state index contributed by atoms with van der Waals surface area (Å²) in [7, 11) is 0. The fourth-order valence-corrected chi connectivity index (χ4v) is 5.16. The number of nitrogens with zero attached hydrogens (tertiary/aromatic N) is 2. The van der Waals surface area contributed by atoms with Gasteiger partial charge >= 0.3 is 0 Å². The number of thiophene rings is 1. The molecule has 0 saturated heterocycles. The first-order valence-corrected chi connectivity index (χ1v) is 9.55. The molecule has 2 aliphatic carbocycles. The van der Waals surface area contributed by atoms with E-state index in [4.69, 9.17) is 0 Å². The molecule has 2 heterocycles. The molecule has 0 amide bonds. The van der Waals surface area contributed by atoms with Gasteiger partial charge in [-0.2, -0.15) is 0 Å². The minimum atomic E-state index is -2.27. The van der Waals surface area contributed by atoms with Crippen molar-refractivity contribution in [2.24, 2.45) is 0 Å². The van der Waals surface area contributed by atoms with E-state index in [-0.39, 0.29) is 12.6 Å². The van der Waals surface area contributed by atoms with Crippen LogP contribution in [0.25, 0.3) is 10.2 Å². The molecule has 0 aromatic carbocycles. The number of aryl methyl sites for hydroxylation is 2. The number of nitrogens with one attached hydrogen (secondary N) is 2. The van der Waals surface area contributed by atoms with E-state index in [0.717, 1.165) is 49.2 Å². The Bertz CT molecular complexity index is 710. The number of anilines is 1. The molecule has 7 heteroatoms. The Hall–Kier alpha value is -1.34. The van der Waals surface area contributed by atoms with Gasteiger partial charge < -0.3 is 10.6 Å². The van der Waals surface area contributed by atoms with Crippen LogP contribution in [0.5, 0.6) is 0 Å². The van der Waals surface area contributed by atoms with Gasteiger partial charge in [-0.15, -0.1) is 11.3 Å². The molecule has 0 aliphatic heterocycles. The van der Waals surface area contributed by atoms with E-state index in [1.165, 1.54) is 22.2 Å². The molecule has 2 aliphatic rings. The molecule has 1 fully saturated rings. The summed E-state index contributed by atoms with van der Waals surface area (Å²) < 4.78 is 24.6. The maximum Gasteiger partial charge on any atom is 0.250 e. The van der Waals surface area contributed by atoms with Crippen LogP contribution in [0, 0.1) is 0 Å². The van der Waals surface area contributed by atoms with Gasteiger partial charge in [-0.3, -0.25) is 0 Å². The van der Waals surface area contributed by atoms with Gasteiger partial charge in [0.15, 0.2) is 0 Å². The Labute approximate surface area is 144 Å². The number of hydrogen-bond donors (Lipinski definition) is 2. The molecule has 2 N–H and O–H groups in total. The number of rotatable bonds is 5. The van der Waals surface area contributed by atoms with E-state index in [2.05, 4.69) is 20.6 Å². The first kappa shape index (κ1) is 16.1. The van der Waals surface area contributed by atoms with Gasteiger partial charge in [-0.1, -0.05) is 0 Å². The van der Waals surface area contributed by atoms with E-state index in [0.29, 0.717) is 6.04 Å². The molecule has 4 nitrogen and oxygen atoms in total. The van der Waals surface area contributed by atoms with E-state index >= 15 is 0 Å². The molecule has 0 spiro atoms. The van der Waals surface area contributed by atoms with E-state index in [1.807, 2.05) is 0 Å². The van der Waals surface area contributed by atoms with Crippen LogP contribution in [0.1, 0.15) is 42.5 Å². The fourth-order valence-electron chi connectivity index (χ4n) is 3.93. The summed E-state index contributed by atoms with van der Waals surface area (Å²) in [6.07, 6.45) is 6.73. The van der Waals surface area contributed by atoms with Crippen molar-refractivity contribution in [2.45, 2.75) is 63.5 Å². The highest BCUT2D eigenvalue weighted by molar-refractivity contribution is 7.19.